The molecule has 3 rings (SSSR count). The first kappa shape index (κ1) is 32.0. The van der Waals surface area contributed by atoms with Crippen molar-refractivity contribution in [1.29, 1.82) is 0 Å². The van der Waals surface area contributed by atoms with E-state index in [0.717, 1.165) is 9.87 Å². The summed E-state index contributed by atoms with van der Waals surface area (Å²) in [5.74, 6) is -1.04. The molecule has 0 aromatic heterocycles. The molecular weight excluding hydrogens is 616 g/mol. The summed E-state index contributed by atoms with van der Waals surface area (Å²) in [7, 11) is -4.25. The van der Waals surface area contributed by atoms with Gasteiger partial charge in [0.15, 0.2) is 0 Å². The van der Waals surface area contributed by atoms with E-state index in [-0.39, 0.29) is 38.2 Å². The molecule has 0 radical (unpaired) electrons. The van der Waals surface area contributed by atoms with Gasteiger partial charge in [0.2, 0.25) is 11.8 Å². The summed E-state index contributed by atoms with van der Waals surface area (Å²) in [6, 6.07) is 14.2. The van der Waals surface area contributed by atoms with Crippen LogP contribution in [0.4, 0.5) is 5.69 Å². The van der Waals surface area contributed by atoms with Crippen LogP contribution in [0.2, 0.25) is 20.1 Å². The minimum Gasteiger partial charge on any atom is -0.352 e. The Morgan fingerprint density at radius 2 is 1.45 bits per heavy atom. The summed E-state index contributed by atoms with van der Waals surface area (Å²) >= 11 is 24.7. The first-order valence-electron chi connectivity index (χ1n) is 12.3. The molecule has 1 N–H and O–H groups in total. The maximum Gasteiger partial charge on any atom is 0.264 e. The van der Waals surface area contributed by atoms with Gasteiger partial charge in [-0.05, 0) is 75.7 Å². The van der Waals surface area contributed by atoms with Gasteiger partial charge < -0.3 is 10.2 Å². The molecule has 0 aliphatic carbocycles. The molecule has 0 heterocycles. The first-order chi connectivity index (χ1) is 18.7. The Labute approximate surface area is 255 Å². The number of aryl methyl sites for hydroxylation is 1. The van der Waals surface area contributed by atoms with E-state index in [4.69, 9.17) is 46.4 Å². The Morgan fingerprint density at radius 1 is 0.850 bits per heavy atom. The van der Waals surface area contributed by atoms with Crippen molar-refractivity contribution in [3.63, 3.8) is 0 Å². The van der Waals surface area contributed by atoms with E-state index in [0.29, 0.717) is 10.6 Å². The van der Waals surface area contributed by atoms with Gasteiger partial charge in [-0.2, -0.15) is 0 Å². The molecule has 0 fully saturated rings. The first-order valence-corrected chi connectivity index (χ1v) is 15.2. The lowest BCUT2D eigenvalue weighted by atomic mass is 10.1. The topological polar surface area (TPSA) is 86.8 Å². The lowest BCUT2D eigenvalue weighted by molar-refractivity contribution is -0.139. The predicted octanol–water partition coefficient (Wildman–Crippen LogP) is 6.75. The summed E-state index contributed by atoms with van der Waals surface area (Å²) in [5.41, 5.74) is 1.57. The third kappa shape index (κ3) is 8.04. The van der Waals surface area contributed by atoms with E-state index in [9.17, 15) is 18.0 Å². The maximum absolute atomic E-state index is 13.9. The van der Waals surface area contributed by atoms with Gasteiger partial charge in [0.25, 0.3) is 10.0 Å². The summed E-state index contributed by atoms with van der Waals surface area (Å²) in [5, 5.41) is 3.80. The zero-order valence-corrected chi connectivity index (χ0v) is 26.1. The van der Waals surface area contributed by atoms with E-state index in [2.05, 4.69) is 5.32 Å². The van der Waals surface area contributed by atoms with Gasteiger partial charge in [-0.25, -0.2) is 8.42 Å². The van der Waals surface area contributed by atoms with Gasteiger partial charge in [0.05, 0.1) is 20.6 Å². The predicted molar refractivity (Wildman–Crippen MR) is 162 cm³/mol. The van der Waals surface area contributed by atoms with E-state index < -0.39 is 34.4 Å². The number of rotatable bonds is 10. The Morgan fingerprint density at radius 3 is 2.00 bits per heavy atom. The monoisotopic (exact) mass is 643 g/mol. The van der Waals surface area contributed by atoms with Crippen LogP contribution in [-0.4, -0.2) is 43.8 Å². The van der Waals surface area contributed by atoms with Crippen molar-refractivity contribution in [1.82, 2.24) is 10.2 Å². The van der Waals surface area contributed by atoms with E-state index in [1.165, 1.54) is 35.2 Å². The smallest absolute Gasteiger partial charge is 0.264 e. The van der Waals surface area contributed by atoms with Crippen LogP contribution in [0.3, 0.4) is 0 Å². The number of amides is 2. The second-order valence-corrected chi connectivity index (χ2v) is 13.1. The zero-order chi connectivity index (χ0) is 29.8. The van der Waals surface area contributed by atoms with Gasteiger partial charge >= 0.3 is 0 Å². The molecule has 3 aromatic carbocycles. The molecule has 0 aliphatic heterocycles. The molecule has 1 unspecified atom stereocenters. The van der Waals surface area contributed by atoms with Gasteiger partial charge in [0.1, 0.15) is 12.6 Å². The molecule has 0 bridgehead atoms. The molecule has 40 heavy (non-hydrogen) atoms. The lowest BCUT2D eigenvalue weighted by Gasteiger charge is -2.32. The molecule has 214 valence electrons. The van der Waals surface area contributed by atoms with Crippen molar-refractivity contribution in [3.8, 4) is 0 Å². The SMILES string of the molecule is Cc1ccc(S(=O)(=O)N(CC(=O)N(Cc2ccc(Cl)c(Cl)c2)C(C)C(=O)NC(C)C)c2cc(Cl)cc(Cl)c2)cc1. The molecule has 1 atom stereocenters. The van der Waals surface area contributed by atoms with Crippen LogP contribution < -0.4 is 9.62 Å². The standard InChI is InChI=1S/C28H29Cl4N3O4S/c1-17(2)33-28(37)19(4)34(15-20-7-10-25(31)26(32)11-20)27(36)16-35(23-13-21(29)12-22(30)14-23)40(38,39)24-8-5-18(3)6-9-24/h5-14,17,19H,15-16H2,1-4H3,(H,33,37). The number of carbonyl (C=O) groups excluding carboxylic acids is 2. The number of hydrogen-bond acceptors (Lipinski definition) is 4. The Bertz CT molecular complexity index is 1480. The number of sulfonamides is 1. The normalized spacial score (nSPS) is 12.2. The quantitative estimate of drug-likeness (QED) is 0.265. The van der Waals surface area contributed by atoms with Crippen molar-refractivity contribution in [2.45, 2.75) is 51.2 Å². The summed E-state index contributed by atoms with van der Waals surface area (Å²) in [6.45, 7) is 6.34. The van der Waals surface area contributed by atoms with Gasteiger partial charge in [-0.3, -0.25) is 13.9 Å². The second-order valence-electron chi connectivity index (χ2n) is 9.56. The number of benzene rings is 3. The highest BCUT2D eigenvalue weighted by atomic mass is 35.5. The molecule has 0 saturated carbocycles. The third-order valence-corrected chi connectivity index (χ3v) is 8.92. The largest absolute Gasteiger partial charge is 0.352 e. The molecular formula is C28H29Cl4N3O4S. The number of nitrogens with zero attached hydrogens (tertiary/aromatic N) is 2. The van der Waals surface area contributed by atoms with Crippen molar-refractivity contribution in [2.24, 2.45) is 0 Å². The van der Waals surface area contributed by atoms with Crippen molar-refractivity contribution in [3.05, 3.63) is 91.9 Å². The zero-order valence-electron chi connectivity index (χ0n) is 22.3. The molecule has 2 amide bonds. The summed E-state index contributed by atoms with van der Waals surface area (Å²) < 4.78 is 28.7. The average Bonchev–Trinajstić information content (AvgIpc) is 2.86. The molecule has 0 saturated heterocycles. The van der Waals surface area contributed by atoms with E-state index in [1.807, 2.05) is 6.92 Å². The Kier molecular flexibility index (Phi) is 10.8. The number of anilines is 1. The molecule has 0 spiro atoms. The van der Waals surface area contributed by atoms with Crippen LogP contribution in [0, 0.1) is 6.92 Å². The highest BCUT2D eigenvalue weighted by Gasteiger charge is 2.33. The summed E-state index contributed by atoms with van der Waals surface area (Å²) in [4.78, 5) is 28.2. The van der Waals surface area contributed by atoms with Crippen LogP contribution in [-0.2, 0) is 26.2 Å². The fourth-order valence-corrected chi connectivity index (χ4v) is 6.10. The molecule has 3 aromatic rings. The Hall–Kier alpha value is -2.49. The maximum atomic E-state index is 13.9. The molecule has 0 aliphatic rings. The minimum absolute atomic E-state index is 0.0244. The summed E-state index contributed by atoms with van der Waals surface area (Å²) in [6.07, 6.45) is 0. The van der Waals surface area contributed by atoms with Crippen LogP contribution in [0.5, 0.6) is 0 Å². The number of nitrogens with one attached hydrogen (secondary N) is 1. The number of hydrogen-bond donors (Lipinski definition) is 1. The third-order valence-electron chi connectivity index (χ3n) is 5.96. The molecule has 7 nitrogen and oxygen atoms in total. The van der Waals surface area contributed by atoms with E-state index in [1.54, 1.807) is 51.1 Å². The number of halogens is 4. The fourth-order valence-electron chi connectivity index (χ4n) is 3.87. The molecule has 12 heteroatoms. The van der Waals surface area contributed by atoms with E-state index >= 15 is 0 Å². The second kappa shape index (κ2) is 13.4. The number of carbonyl (C=O) groups is 2. The van der Waals surface area contributed by atoms with Crippen molar-refractivity contribution in [2.75, 3.05) is 10.8 Å². The fraction of sp³-hybridized carbons (Fsp3) is 0.286. The van der Waals surface area contributed by atoms with Crippen molar-refractivity contribution >= 4 is 73.9 Å². The van der Waals surface area contributed by atoms with Crippen molar-refractivity contribution < 1.29 is 18.0 Å². The van der Waals surface area contributed by atoms with Crippen LogP contribution in [0.25, 0.3) is 0 Å². The highest BCUT2D eigenvalue weighted by Crippen LogP contribution is 2.30. The van der Waals surface area contributed by atoms with Crippen LogP contribution in [0.15, 0.2) is 65.6 Å². The van der Waals surface area contributed by atoms with Gasteiger partial charge in [-0.1, -0.05) is 70.2 Å². The van der Waals surface area contributed by atoms with Crippen LogP contribution >= 0.6 is 46.4 Å². The highest BCUT2D eigenvalue weighted by molar-refractivity contribution is 7.92. The van der Waals surface area contributed by atoms with Gasteiger partial charge in [0, 0.05) is 22.6 Å². The average molecular weight is 645 g/mol. The van der Waals surface area contributed by atoms with Crippen LogP contribution in [0.1, 0.15) is 31.9 Å². The van der Waals surface area contributed by atoms with Gasteiger partial charge in [-0.15, -0.1) is 0 Å². The minimum atomic E-state index is -4.25. The lowest BCUT2D eigenvalue weighted by Crippen LogP contribution is -2.52. The Balaban J connectivity index is 2.08.